The quantitative estimate of drug-likeness (QED) is 0.795. The summed E-state index contributed by atoms with van der Waals surface area (Å²) >= 11 is 0. The fourth-order valence-electron chi connectivity index (χ4n) is 2.09. The SMILES string of the molecule is CN(CCNC(=O)c1cc(F)ccc1C#CCO)C1CC1. The lowest BCUT2D eigenvalue weighted by Gasteiger charge is -2.16. The number of hydrogen-bond donors (Lipinski definition) is 2. The van der Waals surface area contributed by atoms with E-state index >= 15 is 0 Å². The Balaban J connectivity index is 1.98. The summed E-state index contributed by atoms with van der Waals surface area (Å²) in [6.45, 7) is 0.975. The zero-order valence-electron chi connectivity index (χ0n) is 12.0. The smallest absolute Gasteiger partial charge is 0.252 e. The monoisotopic (exact) mass is 290 g/mol. The van der Waals surface area contributed by atoms with Crippen LogP contribution in [0.1, 0.15) is 28.8 Å². The van der Waals surface area contributed by atoms with Gasteiger partial charge in [-0.15, -0.1) is 0 Å². The number of carbonyl (C=O) groups is 1. The molecule has 0 radical (unpaired) electrons. The van der Waals surface area contributed by atoms with E-state index in [2.05, 4.69) is 22.1 Å². The molecule has 0 aliphatic heterocycles. The molecule has 0 bridgehead atoms. The van der Waals surface area contributed by atoms with Crippen LogP contribution in [0.2, 0.25) is 0 Å². The number of nitrogens with one attached hydrogen (secondary N) is 1. The van der Waals surface area contributed by atoms with E-state index in [1.165, 1.54) is 31.0 Å². The third kappa shape index (κ3) is 4.55. The Morgan fingerprint density at radius 3 is 2.95 bits per heavy atom. The fraction of sp³-hybridized carbons (Fsp3) is 0.438. The Hall–Kier alpha value is -1.90. The number of carbonyl (C=O) groups excluding carboxylic acids is 1. The molecule has 1 fully saturated rings. The lowest BCUT2D eigenvalue weighted by atomic mass is 10.1. The molecule has 0 heterocycles. The topological polar surface area (TPSA) is 52.6 Å². The first-order valence-corrected chi connectivity index (χ1v) is 6.99. The molecule has 0 spiro atoms. The normalized spacial score (nSPS) is 13.7. The molecule has 5 heteroatoms. The van der Waals surface area contributed by atoms with Gasteiger partial charge < -0.3 is 15.3 Å². The fourth-order valence-corrected chi connectivity index (χ4v) is 2.09. The number of halogens is 1. The van der Waals surface area contributed by atoms with Crippen molar-refractivity contribution in [1.29, 1.82) is 0 Å². The van der Waals surface area contributed by atoms with E-state index in [1.807, 2.05) is 7.05 Å². The maximum atomic E-state index is 13.3. The lowest BCUT2D eigenvalue weighted by molar-refractivity contribution is 0.0948. The van der Waals surface area contributed by atoms with E-state index in [0.29, 0.717) is 18.2 Å². The average Bonchev–Trinajstić information content (AvgIpc) is 3.30. The molecule has 0 saturated heterocycles. The first-order valence-electron chi connectivity index (χ1n) is 6.99. The molecule has 1 aromatic carbocycles. The van der Waals surface area contributed by atoms with Crippen LogP contribution >= 0.6 is 0 Å². The van der Waals surface area contributed by atoms with Crippen LogP contribution in [0.15, 0.2) is 18.2 Å². The standard InChI is InChI=1S/C16H19FN2O2/c1-19(14-6-7-14)9-8-18-16(21)15-11-13(17)5-4-12(15)3-2-10-20/h4-5,11,14,20H,6-10H2,1H3,(H,18,21). The molecule has 4 nitrogen and oxygen atoms in total. The molecular formula is C16H19FN2O2. The summed E-state index contributed by atoms with van der Waals surface area (Å²) in [5.74, 6) is 4.30. The van der Waals surface area contributed by atoms with Crippen LogP contribution in [-0.2, 0) is 0 Å². The van der Waals surface area contributed by atoms with Gasteiger partial charge in [-0.3, -0.25) is 4.79 Å². The molecule has 1 aliphatic carbocycles. The van der Waals surface area contributed by atoms with Crippen molar-refractivity contribution >= 4 is 5.91 Å². The number of amides is 1. The maximum Gasteiger partial charge on any atom is 0.252 e. The van der Waals surface area contributed by atoms with Crippen LogP contribution in [0.25, 0.3) is 0 Å². The number of nitrogens with zero attached hydrogens (tertiary/aromatic N) is 1. The molecule has 2 rings (SSSR count). The van der Waals surface area contributed by atoms with Crippen LogP contribution in [-0.4, -0.2) is 48.7 Å². The predicted octanol–water partition coefficient (Wildman–Crippen LogP) is 0.993. The van der Waals surface area contributed by atoms with Gasteiger partial charge in [-0.25, -0.2) is 4.39 Å². The van der Waals surface area contributed by atoms with Gasteiger partial charge >= 0.3 is 0 Å². The molecule has 2 N–H and O–H groups in total. The molecule has 1 amide bonds. The van der Waals surface area contributed by atoms with Crippen molar-refractivity contribution in [2.24, 2.45) is 0 Å². The number of hydrogen-bond acceptors (Lipinski definition) is 3. The van der Waals surface area contributed by atoms with E-state index in [9.17, 15) is 9.18 Å². The predicted molar refractivity (Wildman–Crippen MR) is 78.3 cm³/mol. The highest BCUT2D eigenvalue weighted by Gasteiger charge is 2.25. The molecule has 0 unspecified atom stereocenters. The second-order valence-corrected chi connectivity index (χ2v) is 5.12. The van der Waals surface area contributed by atoms with Gasteiger partial charge in [0, 0.05) is 24.7 Å². The van der Waals surface area contributed by atoms with E-state index < -0.39 is 5.82 Å². The Bertz CT molecular complexity index is 573. The summed E-state index contributed by atoms with van der Waals surface area (Å²) in [5, 5.41) is 11.5. The first-order chi connectivity index (χ1) is 10.1. The molecular weight excluding hydrogens is 271 g/mol. The molecule has 0 aromatic heterocycles. The second kappa shape index (κ2) is 7.21. The molecule has 1 saturated carbocycles. The zero-order valence-corrected chi connectivity index (χ0v) is 12.0. The van der Waals surface area contributed by atoms with Crippen LogP contribution in [0.3, 0.4) is 0 Å². The third-order valence-electron chi connectivity index (χ3n) is 3.45. The molecule has 21 heavy (non-hydrogen) atoms. The summed E-state index contributed by atoms with van der Waals surface area (Å²) in [6, 6.07) is 4.51. The lowest BCUT2D eigenvalue weighted by Crippen LogP contribution is -2.34. The minimum absolute atomic E-state index is 0.199. The van der Waals surface area contributed by atoms with E-state index in [1.54, 1.807) is 0 Å². The van der Waals surface area contributed by atoms with Crippen molar-refractivity contribution in [1.82, 2.24) is 10.2 Å². The van der Waals surface area contributed by atoms with Crippen molar-refractivity contribution in [3.8, 4) is 11.8 Å². The van der Waals surface area contributed by atoms with Gasteiger partial charge in [0.05, 0.1) is 5.56 Å². The van der Waals surface area contributed by atoms with Crippen molar-refractivity contribution < 1.29 is 14.3 Å². The average molecular weight is 290 g/mol. The van der Waals surface area contributed by atoms with Gasteiger partial charge in [0.1, 0.15) is 12.4 Å². The van der Waals surface area contributed by atoms with Crippen molar-refractivity contribution in [3.63, 3.8) is 0 Å². The van der Waals surface area contributed by atoms with Gasteiger partial charge in [0.15, 0.2) is 0 Å². The summed E-state index contributed by atoms with van der Waals surface area (Å²) in [6.07, 6.45) is 2.44. The van der Waals surface area contributed by atoms with Crippen LogP contribution < -0.4 is 5.32 Å². The maximum absolute atomic E-state index is 13.3. The summed E-state index contributed by atoms with van der Waals surface area (Å²) < 4.78 is 13.3. The van der Waals surface area contributed by atoms with Gasteiger partial charge in [-0.2, -0.15) is 0 Å². The van der Waals surface area contributed by atoms with Gasteiger partial charge in [-0.1, -0.05) is 11.8 Å². The second-order valence-electron chi connectivity index (χ2n) is 5.12. The highest BCUT2D eigenvalue weighted by Crippen LogP contribution is 2.24. The number of aliphatic hydroxyl groups excluding tert-OH is 1. The van der Waals surface area contributed by atoms with E-state index in [-0.39, 0.29) is 18.1 Å². The minimum atomic E-state index is -0.482. The summed E-state index contributed by atoms with van der Waals surface area (Å²) in [4.78, 5) is 14.3. The van der Waals surface area contributed by atoms with Gasteiger partial charge in [0.2, 0.25) is 0 Å². The first kappa shape index (κ1) is 15.5. The Morgan fingerprint density at radius 1 is 1.52 bits per heavy atom. The third-order valence-corrected chi connectivity index (χ3v) is 3.45. The molecule has 1 aromatic rings. The Morgan fingerprint density at radius 2 is 2.29 bits per heavy atom. The van der Waals surface area contributed by atoms with Crippen molar-refractivity contribution in [2.75, 3.05) is 26.7 Å². The van der Waals surface area contributed by atoms with E-state index in [4.69, 9.17) is 5.11 Å². The van der Waals surface area contributed by atoms with Crippen LogP contribution in [0, 0.1) is 17.7 Å². The Kier molecular flexibility index (Phi) is 5.32. The van der Waals surface area contributed by atoms with Crippen LogP contribution in [0.5, 0.6) is 0 Å². The Labute approximate surface area is 124 Å². The van der Waals surface area contributed by atoms with Gasteiger partial charge in [-0.05, 0) is 38.1 Å². The number of rotatable bonds is 5. The minimum Gasteiger partial charge on any atom is -0.384 e. The highest BCUT2D eigenvalue weighted by molar-refractivity contribution is 5.96. The van der Waals surface area contributed by atoms with Crippen molar-refractivity contribution in [3.05, 3.63) is 35.1 Å². The molecule has 1 aliphatic rings. The highest BCUT2D eigenvalue weighted by atomic mass is 19.1. The number of likely N-dealkylation sites (N-methyl/N-ethyl adjacent to an activating group) is 1. The number of benzene rings is 1. The zero-order chi connectivity index (χ0) is 15.2. The summed E-state index contributed by atoms with van der Waals surface area (Å²) in [5.41, 5.74) is 0.614. The van der Waals surface area contributed by atoms with Crippen molar-refractivity contribution in [2.45, 2.75) is 18.9 Å². The number of aliphatic hydroxyl groups is 1. The molecule has 112 valence electrons. The van der Waals surface area contributed by atoms with Gasteiger partial charge in [0.25, 0.3) is 5.91 Å². The van der Waals surface area contributed by atoms with Crippen LogP contribution in [0.4, 0.5) is 4.39 Å². The van der Waals surface area contributed by atoms with E-state index in [0.717, 1.165) is 6.54 Å². The molecule has 0 atom stereocenters. The largest absolute Gasteiger partial charge is 0.384 e. The summed E-state index contributed by atoms with van der Waals surface area (Å²) in [7, 11) is 2.03.